The van der Waals surface area contributed by atoms with Crippen LogP contribution in [0.5, 0.6) is 0 Å². The molecule has 0 bridgehead atoms. The number of nitrogens with zero attached hydrogens (tertiary/aromatic N) is 5. The van der Waals surface area contributed by atoms with Gasteiger partial charge in [0.15, 0.2) is 17.7 Å². The normalized spacial score (nSPS) is 30.9. The number of ether oxygens (including phenoxy) is 2. The van der Waals surface area contributed by atoms with E-state index >= 15 is 0 Å². The van der Waals surface area contributed by atoms with E-state index in [0.29, 0.717) is 17.0 Å². The second-order valence-electron chi connectivity index (χ2n) is 10.1. The number of anilines is 1. The van der Waals surface area contributed by atoms with Gasteiger partial charge in [0.1, 0.15) is 35.7 Å². The van der Waals surface area contributed by atoms with Crippen molar-refractivity contribution < 1.29 is 34.4 Å². The maximum atomic E-state index is 13.1. The molecule has 0 saturated carbocycles. The maximum absolute atomic E-state index is 13.1. The number of hydrogen-bond donors (Lipinski definition) is 5. The third kappa shape index (κ3) is 5.07. The molecule has 0 unspecified atom stereocenters. The number of carbonyl (C=O) groups excluding carboxylic acids is 2. The Balaban J connectivity index is 1.45. The molecule has 2 aliphatic rings. The molecule has 5 N–H and O–H groups in total. The Kier molecular flexibility index (Phi) is 7.05. The molecule has 198 valence electrons. The van der Waals surface area contributed by atoms with Crippen LogP contribution in [-0.2, 0) is 21.3 Å². The number of likely N-dealkylation sites (tertiary alicyclic amines) is 1. The number of amides is 2. The number of hydrogen-bond acceptors (Lipinski definition) is 11. The fraction of sp³-hybridized carbons (Fsp3) is 0.682. The number of aromatic nitrogens is 4. The van der Waals surface area contributed by atoms with Crippen molar-refractivity contribution in [3.05, 3.63) is 12.7 Å². The molecule has 2 saturated heterocycles. The predicted octanol–water partition coefficient (Wildman–Crippen LogP) is -0.903. The SMILES string of the molecule is C[C@@H]1O[C@H](Nc2ncnc3c2ncn3C)[C@@H](O)[C@H](O)[C@H]1NC(=O)[C@H]1[C@@H](O)CCN1C(=O)OC(C)(C)C. The topological polar surface area (TPSA) is 184 Å². The molecule has 14 nitrogen and oxygen atoms in total. The highest BCUT2D eigenvalue weighted by atomic mass is 16.6. The van der Waals surface area contributed by atoms with E-state index in [-0.39, 0.29) is 13.0 Å². The van der Waals surface area contributed by atoms with Crippen LogP contribution >= 0.6 is 0 Å². The summed E-state index contributed by atoms with van der Waals surface area (Å²) in [7, 11) is 1.78. The molecule has 0 spiro atoms. The highest BCUT2D eigenvalue weighted by molar-refractivity contribution is 5.87. The lowest BCUT2D eigenvalue weighted by molar-refractivity contribution is -0.173. The third-order valence-corrected chi connectivity index (χ3v) is 6.24. The van der Waals surface area contributed by atoms with E-state index in [2.05, 4.69) is 25.6 Å². The highest BCUT2D eigenvalue weighted by Gasteiger charge is 2.47. The second-order valence-corrected chi connectivity index (χ2v) is 10.1. The zero-order valence-corrected chi connectivity index (χ0v) is 20.8. The van der Waals surface area contributed by atoms with E-state index in [4.69, 9.17) is 9.47 Å². The molecular weight excluding hydrogens is 474 g/mol. The fourth-order valence-electron chi connectivity index (χ4n) is 4.44. The van der Waals surface area contributed by atoms with Crippen LogP contribution in [-0.4, -0.2) is 107 Å². The molecule has 7 atom stereocenters. The predicted molar refractivity (Wildman–Crippen MR) is 126 cm³/mol. The van der Waals surface area contributed by atoms with Crippen molar-refractivity contribution >= 4 is 29.0 Å². The molecule has 0 radical (unpaired) electrons. The number of aryl methyl sites for hydroxylation is 1. The number of carbonyl (C=O) groups is 2. The Morgan fingerprint density at radius 2 is 1.89 bits per heavy atom. The van der Waals surface area contributed by atoms with Gasteiger partial charge in [-0.2, -0.15) is 0 Å². The molecule has 14 heteroatoms. The van der Waals surface area contributed by atoms with Crippen LogP contribution < -0.4 is 10.6 Å². The van der Waals surface area contributed by atoms with Crippen molar-refractivity contribution in [3.63, 3.8) is 0 Å². The molecule has 2 aliphatic heterocycles. The number of aliphatic hydroxyl groups is 3. The standard InChI is InChI=1S/C22H33N7O7/c1-10-12(26-19(33)14-11(30)6-7-29(14)21(34)36-22(2,3)4)15(31)16(32)20(35-10)27-17-13-18(24-8-23-17)28(5)9-25-13/h8-12,14-16,20,30-32H,6-7H2,1-5H3,(H,26,33)(H,23,24,27)/t10-,11-,12-,14+,15+,16-,20-/m0/s1. The first-order valence-corrected chi connectivity index (χ1v) is 11.8. The Bertz CT molecular complexity index is 1120. The summed E-state index contributed by atoms with van der Waals surface area (Å²) >= 11 is 0. The van der Waals surface area contributed by atoms with Crippen LogP contribution in [0.2, 0.25) is 0 Å². The van der Waals surface area contributed by atoms with Crippen LogP contribution in [0.3, 0.4) is 0 Å². The van der Waals surface area contributed by atoms with E-state index < -0.39 is 60.3 Å². The van der Waals surface area contributed by atoms with Crippen molar-refractivity contribution in [2.75, 3.05) is 11.9 Å². The van der Waals surface area contributed by atoms with Gasteiger partial charge >= 0.3 is 6.09 Å². The molecule has 0 aromatic carbocycles. The molecule has 36 heavy (non-hydrogen) atoms. The number of imidazole rings is 1. The minimum Gasteiger partial charge on any atom is -0.444 e. The first-order valence-electron chi connectivity index (χ1n) is 11.8. The summed E-state index contributed by atoms with van der Waals surface area (Å²) < 4.78 is 12.9. The average molecular weight is 508 g/mol. The maximum Gasteiger partial charge on any atom is 0.411 e. The quantitative estimate of drug-likeness (QED) is 0.345. The first kappa shape index (κ1) is 26.0. The van der Waals surface area contributed by atoms with Gasteiger partial charge in [-0.05, 0) is 34.1 Å². The van der Waals surface area contributed by atoms with Gasteiger partial charge in [-0.25, -0.2) is 19.7 Å². The molecule has 2 amide bonds. The van der Waals surface area contributed by atoms with E-state index in [0.717, 1.165) is 0 Å². The molecule has 2 aromatic heterocycles. The van der Waals surface area contributed by atoms with Crippen molar-refractivity contribution in [2.45, 2.75) is 82.4 Å². The lowest BCUT2D eigenvalue weighted by Crippen LogP contribution is -2.66. The van der Waals surface area contributed by atoms with Gasteiger partial charge in [-0.3, -0.25) is 9.69 Å². The van der Waals surface area contributed by atoms with Crippen LogP contribution in [0.4, 0.5) is 10.6 Å². The van der Waals surface area contributed by atoms with Gasteiger partial charge in [0, 0.05) is 13.6 Å². The van der Waals surface area contributed by atoms with E-state index in [9.17, 15) is 24.9 Å². The smallest absolute Gasteiger partial charge is 0.411 e. The highest BCUT2D eigenvalue weighted by Crippen LogP contribution is 2.26. The summed E-state index contributed by atoms with van der Waals surface area (Å²) in [4.78, 5) is 39.4. The fourth-order valence-corrected chi connectivity index (χ4v) is 4.44. The third-order valence-electron chi connectivity index (χ3n) is 6.24. The average Bonchev–Trinajstić information content (AvgIpc) is 3.37. The molecule has 2 aromatic rings. The zero-order chi connectivity index (χ0) is 26.4. The van der Waals surface area contributed by atoms with Crippen LogP contribution in [0.15, 0.2) is 12.7 Å². The molecule has 4 rings (SSSR count). The van der Waals surface area contributed by atoms with E-state index in [1.807, 2.05) is 0 Å². The van der Waals surface area contributed by atoms with Crippen LogP contribution in [0.1, 0.15) is 34.1 Å². The summed E-state index contributed by atoms with van der Waals surface area (Å²) in [5.41, 5.74) is 0.261. The lowest BCUT2D eigenvalue weighted by atomic mass is 9.95. The van der Waals surface area contributed by atoms with Crippen molar-refractivity contribution in [2.24, 2.45) is 7.05 Å². The van der Waals surface area contributed by atoms with Crippen LogP contribution in [0.25, 0.3) is 11.2 Å². The van der Waals surface area contributed by atoms with Crippen LogP contribution in [0, 0.1) is 0 Å². The van der Waals surface area contributed by atoms with Gasteiger partial charge in [-0.1, -0.05) is 0 Å². The minimum absolute atomic E-state index is 0.142. The summed E-state index contributed by atoms with van der Waals surface area (Å²) in [6.07, 6.45) is -3.39. The number of fused-ring (bicyclic) bond motifs is 1. The Hall–Kier alpha value is -3.07. The van der Waals surface area contributed by atoms with Gasteiger partial charge in [0.05, 0.1) is 24.6 Å². The Morgan fingerprint density at radius 1 is 1.17 bits per heavy atom. The zero-order valence-electron chi connectivity index (χ0n) is 20.8. The lowest BCUT2D eigenvalue weighted by Gasteiger charge is -2.42. The van der Waals surface area contributed by atoms with Crippen molar-refractivity contribution in [3.8, 4) is 0 Å². The molecule has 4 heterocycles. The summed E-state index contributed by atoms with van der Waals surface area (Å²) in [5.74, 6) is -0.372. The number of rotatable bonds is 4. The number of aliphatic hydroxyl groups excluding tert-OH is 3. The Labute approximate surface area is 207 Å². The summed E-state index contributed by atoms with van der Waals surface area (Å²) in [6.45, 7) is 6.88. The van der Waals surface area contributed by atoms with E-state index in [1.165, 1.54) is 11.2 Å². The monoisotopic (exact) mass is 507 g/mol. The molecule has 2 fully saturated rings. The largest absolute Gasteiger partial charge is 0.444 e. The summed E-state index contributed by atoms with van der Waals surface area (Å²) in [6, 6.07) is -2.22. The second kappa shape index (κ2) is 9.76. The first-order chi connectivity index (χ1) is 16.9. The summed E-state index contributed by atoms with van der Waals surface area (Å²) in [5, 5.41) is 37.6. The number of nitrogens with one attached hydrogen (secondary N) is 2. The van der Waals surface area contributed by atoms with Gasteiger partial charge in [0.2, 0.25) is 5.91 Å². The van der Waals surface area contributed by atoms with Crippen molar-refractivity contribution in [1.29, 1.82) is 0 Å². The minimum atomic E-state index is -1.45. The van der Waals surface area contributed by atoms with Gasteiger partial charge in [0.25, 0.3) is 0 Å². The van der Waals surface area contributed by atoms with Crippen molar-refractivity contribution in [1.82, 2.24) is 29.7 Å². The Morgan fingerprint density at radius 3 is 2.58 bits per heavy atom. The molecule has 0 aliphatic carbocycles. The van der Waals surface area contributed by atoms with Gasteiger partial charge < -0.3 is 40.0 Å². The molecular formula is C22H33N7O7. The van der Waals surface area contributed by atoms with Gasteiger partial charge in [-0.15, -0.1) is 0 Å². The van der Waals surface area contributed by atoms with E-state index in [1.54, 1.807) is 45.6 Å².